The summed E-state index contributed by atoms with van der Waals surface area (Å²) in [5, 5.41) is 3.74. The Balaban J connectivity index is 1.76. The van der Waals surface area contributed by atoms with E-state index in [1.807, 2.05) is 19.1 Å². The Bertz CT molecular complexity index is 809. The van der Waals surface area contributed by atoms with E-state index in [1.54, 1.807) is 24.4 Å². The largest absolute Gasteiger partial charge is 0.397 e. The van der Waals surface area contributed by atoms with Gasteiger partial charge in [0.05, 0.1) is 23.4 Å². The Morgan fingerprint density at radius 3 is 3.00 bits per heavy atom. The van der Waals surface area contributed by atoms with Crippen LogP contribution >= 0.6 is 0 Å². The minimum absolute atomic E-state index is 0.193. The molecule has 6 heteroatoms. The molecule has 0 radical (unpaired) electrons. The number of H-pyrrole nitrogens is 1. The number of carbonyl (C=O) groups is 1. The number of fused-ring (bicyclic) bond motifs is 1. The van der Waals surface area contributed by atoms with Crippen molar-refractivity contribution >= 4 is 22.5 Å². The summed E-state index contributed by atoms with van der Waals surface area (Å²) in [6.07, 6.45) is 1.67. The average molecular weight is 281 g/mol. The van der Waals surface area contributed by atoms with Crippen LogP contribution in [0.25, 0.3) is 10.9 Å². The molecule has 0 aliphatic rings. The number of aromatic nitrogens is 3. The highest BCUT2D eigenvalue weighted by atomic mass is 16.1. The van der Waals surface area contributed by atoms with E-state index in [2.05, 4.69) is 20.3 Å². The van der Waals surface area contributed by atoms with Gasteiger partial charge in [0.2, 0.25) is 0 Å². The van der Waals surface area contributed by atoms with Crippen molar-refractivity contribution in [2.24, 2.45) is 0 Å². The van der Waals surface area contributed by atoms with Crippen molar-refractivity contribution in [3.8, 4) is 0 Å². The maximum atomic E-state index is 12.2. The predicted molar refractivity (Wildman–Crippen MR) is 80.7 cm³/mol. The summed E-state index contributed by atoms with van der Waals surface area (Å²) in [5.74, 6) is 0.488. The van der Waals surface area contributed by atoms with Gasteiger partial charge in [-0.1, -0.05) is 12.1 Å². The van der Waals surface area contributed by atoms with Crippen LogP contribution in [0.2, 0.25) is 0 Å². The summed E-state index contributed by atoms with van der Waals surface area (Å²) < 4.78 is 0. The van der Waals surface area contributed by atoms with Crippen molar-refractivity contribution in [3.63, 3.8) is 0 Å². The van der Waals surface area contributed by atoms with Crippen molar-refractivity contribution in [3.05, 3.63) is 53.7 Å². The molecule has 4 N–H and O–H groups in total. The molecule has 0 aliphatic heterocycles. The highest BCUT2D eigenvalue weighted by molar-refractivity contribution is 6.00. The Hall–Kier alpha value is -2.89. The summed E-state index contributed by atoms with van der Waals surface area (Å²) in [4.78, 5) is 23.5. The minimum Gasteiger partial charge on any atom is -0.397 e. The standard InChI is InChI=1S/C15H15N5O/c1-9-17-6-5-11(19-9)8-18-15(21)13-7-10-3-2-4-12(16)14(10)20-13/h2-7,20H,8,16H2,1H3,(H,18,21). The lowest BCUT2D eigenvalue weighted by Crippen LogP contribution is -2.23. The number of aryl methyl sites for hydroxylation is 1. The van der Waals surface area contributed by atoms with E-state index in [0.717, 1.165) is 16.6 Å². The fraction of sp³-hybridized carbons (Fsp3) is 0.133. The van der Waals surface area contributed by atoms with Gasteiger partial charge >= 0.3 is 0 Å². The van der Waals surface area contributed by atoms with Gasteiger partial charge in [0.1, 0.15) is 11.5 Å². The molecule has 0 fully saturated rings. The number of anilines is 1. The quantitative estimate of drug-likeness (QED) is 0.637. The molecule has 2 aromatic heterocycles. The molecule has 2 heterocycles. The van der Waals surface area contributed by atoms with Gasteiger partial charge in [0.25, 0.3) is 5.91 Å². The second-order valence-electron chi connectivity index (χ2n) is 4.77. The van der Waals surface area contributed by atoms with Crippen molar-refractivity contribution < 1.29 is 4.79 Å². The summed E-state index contributed by atoms with van der Waals surface area (Å²) in [5.41, 5.74) is 8.52. The molecule has 0 atom stereocenters. The zero-order valence-electron chi connectivity index (χ0n) is 11.6. The number of rotatable bonds is 3. The topological polar surface area (TPSA) is 96.7 Å². The first-order valence-electron chi connectivity index (χ1n) is 6.57. The molecule has 0 aliphatic carbocycles. The lowest BCUT2D eigenvalue weighted by molar-refractivity contribution is 0.0946. The average Bonchev–Trinajstić information content (AvgIpc) is 2.90. The van der Waals surface area contributed by atoms with Crippen LogP contribution in [-0.2, 0) is 6.54 Å². The third-order valence-corrected chi connectivity index (χ3v) is 3.20. The maximum Gasteiger partial charge on any atom is 0.268 e. The molecule has 21 heavy (non-hydrogen) atoms. The molecule has 3 aromatic rings. The van der Waals surface area contributed by atoms with Crippen LogP contribution in [0.5, 0.6) is 0 Å². The van der Waals surface area contributed by atoms with Gasteiger partial charge in [-0.3, -0.25) is 4.79 Å². The van der Waals surface area contributed by atoms with Crippen molar-refractivity contribution in [2.45, 2.75) is 13.5 Å². The number of nitrogens with one attached hydrogen (secondary N) is 2. The summed E-state index contributed by atoms with van der Waals surface area (Å²) >= 11 is 0. The number of benzene rings is 1. The number of nitrogen functional groups attached to an aromatic ring is 1. The van der Waals surface area contributed by atoms with E-state index in [1.165, 1.54) is 0 Å². The smallest absolute Gasteiger partial charge is 0.268 e. The fourth-order valence-corrected chi connectivity index (χ4v) is 2.17. The van der Waals surface area contributed by atoms with Gasteiger partial charge in [0, 0.05) is 11.6 Å². The number of para-hydroxylation sites is 1. The summed E-state index contributed by atoms with van der Waals surface area (Å²) in [7, 11) is 0. The Morgan fingerprint density at radius 1 is 1.38 bits per heavy atom. The molecule has 0 spiro atoms. The SMILES string of the molecule is Cc1nccc(CNC(=O)c2cc3cccc(N)c3[nH]2)n1. The first-order valence-corrected chi connectivity index (χ1v) is 6.57. The van der Waals surface area contributed by atoms with Crippen LogP contribution in [0, 0.1) is 6.92 Å². The summed E-state index contributed by atoms with van der Waals surface area (Å²) in [6.45, 7) is 2.17. The third kappa shape index (κ3) is 2.69. The number of nitrogens with two attached hydrogens (primary N) is 1. The van der Waals surface area contributed by atoms with E-state index in [9.17, 15) is 4.79 Å². The Labute approximate surface area is 121 Å². The lowest BCUT2D eigenvalue weighted by Gasteiger charge is -2.03. The Kier molecular flexibility index (Phi) is 3.27. The minimum atomic E-state index is -0.193. The number of carbonyl (C=O) groups excluding carboxylic acids is 1. The van der Waals surface area contributed by atoms with Gasteiger partial charge in [0.15, 0.2) is 0 Å². The monoisotopic (exact) mass is 281 g/mol. The number of aromatic amines is 1. The second kappa shape index (κ2) is 5.24. The van der Waals surface area contributed by atoms with Crippen LogP contribution in [-0.4, -0.2) is 20.9 Å². The number of hydrogen-bond acceptors (Lipinski definition) is 4. The van der Waals surface area contributed by atoms with Crippen molar-refractivity contribution in [1.29, 1.82) is 0 Å². The first kappa shape index (κ1) is 13.1. The van der Waals surface area contributed by atoms with Gasteiger partial charge in [-0.25, -0.2) is 9.97 Å². The molecule has 0 saturated carbocycles. The highest BCUT2D eigenvalue weighted by Gasteiger charge is 2.10. The van der Waals surface area contributed by atoms with Crippen molar-refractivity contribution in [2.75, 3.05) is 5.73 Å². The number of hydrogen-bond donors (Lipinski definition) is 3. The molecule has 1 aromatic carbocycles. The molecule has 0 bridgehead atoms. The molecule has 1 amide bonds. The van der Waals surface area contributed by atoms with Gasteiger partial charge in [-0.2, -0.15) is 0 Å². The molecular weight excluding hydrogens is 266 g/mol. The zero-order valence-corrected chi connectivity index (χ0v) is 11.6. The zero-order chi connectivity index (χ0) is 14.8. The van der Waals surface area contributed by atoms with E-state index in [-0.39, 0.29) is 5.91 Å². The number of nitrogens with zero attached hydrogens (tertiary/aromatic N) is 2. The van der Waals surface area contributed by atoms with Crippen LogP contribution < -0.4 is 11.1 Å². The van der Waals surface area contributed by atoms with Crippen LogP contribution in [0.4, 0.5) is 5.69 Å². The van der Waals surface area contributed by atoms with E-state index < -0.39 is 0 Å². The van der Waals surface area contributed by atoms with Crippen molar-refractivity contribution in [1.82, 2.24) is 20.3 Å². The van der Waals surface area contributed by atoms with Gasteiger partial charge in [-0.15, -0.1) is 0 Å². The molecular formula is C15H15N5O. The molecule has 0 saturated heterocycles. The molecule has 106 valence electrons. The maximum absolute atomic E-state index is 12.2. The van der Waals surface area contributed by atoms with Gasteiger partial charge in [-0.05, 0) is 25.1 Å². The van der Waals surface area contributed by atoms with E-state index in [0.29, 0.717) is 23.8 Å². The predicted octanol–water partition coefficient (Wildman–Crippen LogP) is 1.78. The lowest BCUT2D eigenvalue weighted by atomic mass is 10.2. The number of amides is 1. The molecule has 6 nitrogen and oxygen atoms in total. The molecule has 3 rings (SSSR count). The first-order chi connectivity index (χ1) is 10.1. The second-order valence-corrected chi connectivity index (χ2v) is 4.77. The molecule has 0 unspecified atom stereocenters. The van der Waals surface area contributed by atoms with E-state index in [4.69, 9.17) is 5.73 Å². The highest BCUT2D eigenvalue weighted by Crippen LogP contribution is 2.20. The van der Waals surface area contributed by atoms with Crippen LogP contribution in [0.1, 0.15) is 22.0 Å². The Morgan fingerprint density at radius 2 is 2.24 bits per heavy atom. The van der Waals surface area contributed by atoms with Gasteiger partial charge < -0.3 is 16.0 Å². The fourth-order valence-electron chi connectivity index (χ4n) is 2.17. The summed E-state index contributed by atoms with van der Waals surface area (Å²) in [6, 6.07) is 9.12. The van der Waals surface area contributed by atoms with Crippen LogP contribution in [0.15, 0.2) is 36.5 Å². The normalized spacial score (nSPS) is 10.7. The van der Waals surface area contributed by atoms with E-state index >= 15 is 0 Å². The van der Waals surface area contributed by atoms with Crippen LogP contribution in [0.3, 0.4) is 0 Å². The third-order valence-electron chi connectivity index (χ3n) is 3.20.